The van der Waals surface area contributed by atoms with Crippen LogP contribution in [-0.2, 0) is 6.18 Å². The highest BCUT2D eigenvalue weighted by Crippen LogP contribution is 2.29. The van der Waals surface area contributed by atoms with Gasteiger partial charge in [-0.25, -0.2) is 15.0 Å². The maximum absolute atomic E-state index is 13.0. The van der Waals surface area contributed by atoms with Crippen LogP contribution in [0.15, 0.2) is 54.6 Å². The number of nitrogens with one attached hydrogen (secondary N) is 2. The predicted octanol–water partition coefficient (Wildman–Crippen LogP) is 5.12. The number of alkyl halides is 3. The molecule has 0 fully saturated rings. The molecular weight excluding hydrogens is 355 g/mol. The molecule has 1 aromatic carbocycles. The Bertz CT molecular complexity index is 911. The molecule has 140 valence electrons. The fraction of sp³-hybridized carbons (Fsp3) is 0.211. The lowest BCUT2D eigenvalue weighted by molar-refractivity contribution is -0.141. The Kier molecular flexibility index (Phi) is 5.25. The third-order valence-corrected chi connectivity index (χ3v) is 3.48. The molecule has 0 saturated heterocycles. The molecule has 8 heteroatoms. The van der Waals surface area contributed by atoms with E-state index < -0.39 is 11.9 Å². The number of benzene rings is 1. The van der Waals surface area contributed by atoms with Crippen molar-refractivity contribution in [1.82, 2.24) is 15.0 Å². The first-order chi connectivity index (χ1) is 12.8. The van der Waals surface area contributed by atoms with Crippen LogP contribution < -0.4 is 10.6 Å². The van der Waals surface area contributed by atoms with Gasteiger partial charge < -0.3 is 10.6 Å². The molecule has 3 rings (SSSR count). The Balaban J connectivity index is 2.02. The summed E-state index contributed by atoms with van der Waals surface area (Å²) in [6, 6.07) is 14.8. The Labute approximate surface area is 154 Å². The molecule has 0 aliphatic heterocycles. The van der Waals surface area contributed by atoms with E-state index in [-0.39, 0.29) is 17.6 Å². The molecule has 0 aliphatic rings. The number of para-hydroxylation sites is 1. The molecule has 2 aromatic heterocycles. The Hall–Kier alpha value is -3.16. The van der Waals surface area contributed by atoms with E-state index in [1.165, 1.54) is 12.1 Å². The first kappa shape index (κ1) is 18.6. The molecule has 0 atom stereocenters. The lowest BCUT2D eigenvalue weighted by Crippen LogP contribution is -2.13. The van der Waals surface area contributed by atoms with Crippen molar-refractivity contribution in [1.29, 1.82) is 0 Å². The first-order valence-corrected chi connectivity index (χ1v) is 8.33. The van der Waals surface area contributed by atoms with Crippen LogP contribution in [0.5, 0.6) is 0 Å². The van der Waals surface area contributed by atoms with Gasteiger partial charge in [-0.05, 0) is 38.1 Å². The smallest absolute Gasteiger partial charge is 0.368 e. The fourth-order valence-corrected chi connectivity index (χ4v) is 2.38. The van der Waals surface area contributed by atoms with Crippen molar-refractivity contribution in [3.8, 4) is 11.5 Å². The molecule has 0 saturated carbocycles. The molecule has 0 bridgehead atoms. The van der Waals surface area contributed by atoms with Crippen molar-refractivity contribution in [2.75, 3.05) is 10.6 Å². The Morgan fingerprint density at radius 1 is 0.852 bits per heavy atom. The summed E-state index contributed by atoms with van der Waals surface area (Å²) in [6.45, 7) is 3.88. The van der Waals surface area contributed by atoms with Crippen LogP contribution in [0, 0.1) is 0 Å². The molecule has 0 aliphatic carbocycles. The van der Waals surface area contributed by atoms with Crippen LogP contribution in [0.25, 0.3) is 11.5 Å². The summed E-state index contributed by atoms with van der Waals surface area (Å²) in [5.74, 6) is 1.05. The van der Waals surface area contributed by atoms with Gasteiger partial charge in [0.2, 0.25) is 0 Å². The van der Waals surface area contributed by atoms with Crippen molar-refractivity contribution in [2.24, 2.45) is 0 Å². The van der Waals surface area contributed by atoms with E-state index in [2.05, 4.69) is 25.6 Å². The first-order valence-electron chi connectivity index (χ1n) is 8.33. The summed E-state index contributed by atoms with van der Waals surface area (Å²) in [4.78, 5) is 12.3. The van der Waals surface area contributed by atoms with Gasteiger partial charge in [-0.3, -0.25) is 0 Å². The van der Waals surface area contributed by atoms with Crippen molar-refractivity contribution >= 4 is 17.3 Å². The van der Waals surface area contributed by atoms with Gasteiger partial charge in [-0.15, -0.1) is 0 Å². The van der Waals surface area contributed by atoms with Crippen molar-refractivity contribution in [3.05, 3.63) is 60.3 Å². The molecule has 5 nitrogen and oxygen atoms in total. The van der Waals surface area contributed by atoms with E-state index in [1.54, 1.807) is 6.07 Å². The number of aromatic nitrogens is 3. The average Bonchev–Trinajstić information content (AvgIpc) is 2.61. The maximum atomic E-state index is 13.0. The summed E-state index contributed by atoms with van der Waals surface area (Å²) in [5, 5.41) is 6.28. The van der Waals surface area contributed by atoms with E-state index in [4.69, 9.17) is 0 Å². The third-order valence-electron chi connectivity index (χ3n) is 3.48. The van der Waals surface area contributed by atoms with E-state index in [0.29, 0.717) is 11.6 Å². The highest BCUT2D eigenvalue weighted by molar-refractivity contribution is 5.63. The summed E-state index contributed by atoms with van der Waals surface area (Å²) >= 11 is 0. The molecule has 0 unspecified atom stereocenters. The molecule has 0 radical (unpaired) electrons. The zero-order chi connectivity index (χ0) is 19.4. The Morgan fingerprint density at radius 2 is 1.56 bits per heavy atom. The Morgan fingerprint density at radius 3 is 2.22 bits per heavy atom. The standard InChI is InChI=1S/C19H18F3N5/c1-12(2)23-16-11-17(24-13-7-4-3-5-8-13)27-18(26-16)14-9-6-10-15(25-14)19(20,21)22/h3-12H,1-2H3,(H2,23,24,26,27). The van der Waals surface area contributed by atoms with Gasteiger partial charge in [0, 0.05) is 17.8 Å². The largest absolute Gasteiger partial charge is 0.433 e. The summed E-state index contributed by atoms with van der Waals surface area (Å²) in [7, 11) is 0. The summed E-state index contributed by atoms with van der Waals surface area (Å²) < 4.78 is 38.9. The molecular formula is C19H18F3N5. The molecule has 0 amide bonds. The van der Waals surface area contributed by atoms with Crippen LogP contribution in [0.4, 0.5) is 30.5 Å². The number of hydrogen-bond acceptors (Lipinski definition) is 5. The molecule has 0 spiro atoms. The van der Waals surface area contributed by atoms with E-state index in [9.17, 15) is 13.2 Å². The number of rotatable bonds is 5. The monoisotopic (exact) mass is 373 g/mol. The van der Waals surface area contributed by atoms with E-state index >= 15 is 0 Å². The molecule has 2 heterocycles. The fourth-order valence-electron chi connectivity index (χ4n) is 2.38. The molecule has 2 N–H and O–H groups in total. The summed E-state index contributed by atoms with van der Waals surface area (Å²) in [5.41, 5.74) is -0.133. The van der Waals surface area contributed by atoms with Crippen LogP contribution in [0.3, 0.4) is 0 Å². The second kappa shape index (κ2) is 7.61. The highest BCUT2D eigenvalue weighted by atomic mass is 19.4. The van der Waals surface area contributed by atoms with Gasteiger partial charge in [0.1, 0.15) is 23.0 Å². The van der Waals surface area contributed by atoms with Gasteiger partial charge in [0.25, 0.3) is 0 Å². The minimum atomic E-state index is -4.53. The van der Waals surface area contributed by atoms with Crippen LogP contribution in [0.2, 0.25) is 0 Å². The normalized spacial score (nSPS) is 11.5. The summed E-state index contributed by atoms with van der Waals surface area (Å²) in [6.07, 6.45) is -4.53. The quantitative estimate of drug-likeness (QED) is 0.650. The zero-order valence-electron chi connectivity index (χ0n) is 14.7. The topological polar surface area (TPSA) is 62.7 Å². The minimum Gasteiger partial charge on any atom is -0.368 e. The minimum absolute atomic E-state index is 0.0494. The maximum Gasteiger partial charge on any atom is 0.433 e. The van der Waals surface area contributed by atoms with Crippen LogP contribution in [0.1, 0.15) is 19.5 Å². The zero-order valence-corrected chi connectivity index (χ0v) is 14.7. The second-order valence-corrected chi connectivity index (χ2v) is 6.16. The van der Waals surface area contributed by atoms with Crippen molar-refractivity contribution in [2.45, 2.75) is 26.1 Å². The SMILES string of the molecule is CC(C)Nc1cc(Nc2ccccc2)nc(-c2cccc(C(F)(F)F)n2)n1. The van der Waals surface area contributed by atoms with Gasteiger partial charge in [-0.2, -0.15) is 13.2 Å². The predicted molar refractivity (Wildman–Crippen MR) is 98.7 cm³/mol. The van der Waals surface area contributed by atoms with Gasteiger partial charge in [0.05, 0.1) is 0 Å². The number of halogens is 3. The van der Waals surface area contributed by atoms with Crippen molar-refractivity contribution < 1.29 is 13.2 Å². The highest BCUT2D eigenvalue weighted by Gasteiger charge is 2.32. The van der Waals surface area contributed by atoms with Gasteiger partial charge in [0.15, 0.2) is 5.82 Å². The van der Waals surface area contributed by atoms with Crippen molar-refractivity contribution in [3.63, 3.8) is 0 Å². The number of anilines is 3. The number of pyridine rings is 1. The third kappa shape index (κ3) is 4.93. The van der Waals surface area contributed by atoms with Gasteiger partial charge >= 0.3 is 6.18 Å². The number of hydrogen-bond donors (Lipinski definition) is 2. The van der Waals surface area contributed by atoms with Crippen LogP contribution in [-0.4, -0.2) is 21.0 Å². The lowest BCUT2D eigenvalue weighted by Gasteiger charge is -2.14. The lowest BCUT2D eigenvalue weighted by atomic mass is 10.2. The van der Waals surface area contributed by atoms with E-state index in [0.717, 1.165) is 11.8 Å². The van der Waals surface area contributed by atoms with Gasteiger partial charge in [-0.1, -0.05) is 24.3 Å². The molecule has 27 heavy (non-hydrogen) atoms. The van der Waals surface area contributed by atoms with Crippen LogP contribution >= 0.6 is 0 Å². The molecule has 3 aromatic rings. The second-order valence-electron chi connectivity index (χ2n) is 6.16. The average molecular weight is 373 g/mol. The van der Waals surface area contributed by atoms with E-state index in [1.807, 2.05) is 44.2 Å². The number of nitrogens with zero attached hydrogens (tertiary/aromatic N) is 3.